The van der Waals surface area contributed by atoms with Crippen LogP contribution in [0.3, 0.4) is 0 Å². The molecule has 4 heteroatoms. The third-order valence-electron chi connectivity index (χ3n) is 4.56. The fourth-order valence-electron chi connectivity index (χ4n) is 3.40. The number of likely N-dealkylation sites (tertiary alicyclic amines) is 1. The summed E-state index contributed by atoms with van der Waals surface area (Å²) < 4.78 is 0. The molecule has 1 unspecified atom stereocenters. The minimum Gasteiger partial charge on any atom is -0.342 e. The average Bonchev–Trinajstić information content (AvgIpc) is 2.99. The number of hydrogen-bond acceptors (Lipinski definition) is 3. The van der Waals surface area contributed by atoms with Crippen LogP contribution in [0.1, 0.15) is 45.4 Å². The van der Waals surface area contributed by atoms with Crippen LogP contribution in [0.2, 0.25) is 0 Å². The summed E-state index contributed by atoms with van der Waals surface area (Å²) >= 11 is 0. The molecule has 0 aromatic heterocycles. The van der Waals surface area contributed by atoms with Gasteiger partial charge in [-0.1, -0.05) is 6.92 Å². The molecule has 0 aromatic carbocycles. The third kappa shape index (κ3) is 5.06. The van der Waals surface area contributed by atoms with E-state index in [4.69, 9.17) is 0 Å². The highest BCUT2D eigenvalue weighted by Gasteiger charge is 2.21. The Morgan fingerprint density at radius 3 is 2.75 bits per heavy atom. The summed E-state index contributed by atoms with van der Waals surface area (Å²) in [4.78, 5) is 17.0. The van der Waals surface area contributed by atoms with Crippen LogP contribution in [0.5, 0.6) is 0 Å². The zero-order valence-corrected chi connectivity index (χ0v) is 13.1. The Balaban J connectivity index is 1.74. The molecule has 2 rings (SSSR count). The van der Waals surface area contributed by atoms with Gasteiger partial charge < -0.3 is 15.1 Å². The van der Waals surface area contributed by atoms with E-state index in [0.717, 1.165) is 39.1 Å². The number of carbonyl (C=O) groups excluding carboxylic acids is 1. The predicted molar refractivity (Wildman–Crippen MR) is 82.8 cm³/mol. The standard InChI is InChI=1S/C16H31N3O/c1-2-9-19(14-15-6-5-8-17-13-15)16(20)7-12-18-10-3-4-11-18/h15,17H,2-14H2,1H3. The molecule has 1 amide bonds. The van der Waals surface area contributed by atoms with Crippen LogP contribution in [0.4, 0.5) is 0 Å². The second-order valence-electron chi connectivity index (χ2n) is 6.35. The Morgan fingerprint density at radius 2 is 2.10 bits per heavy atom. The molecular weight excluding hydrogens is 250 g/mol. The number of nitrogens with one attached hydrogen (secondary N) is 1. The quantitative estimate of drug-likeness (QED) is 0.772. The maximum absolute atomic E-state index is 12.4. The van der Waals surface area contributed by atoms with Gasteiger partial charge in [0.1, 0.15) is 0 Å². The first-order valence-electron chi connectivity index (χ1n) is 8.50. The Labute approximate surface area is 123 Å². The molecule has 0 saturated carbocycles. The fourth-order valence-corrected chi connectivity index (χ4v) is 3.40. The summed E-state index contributed by atoms with van der Waals surface area (Å²) in [5, 5.41) is 3.45. The minimum atomic E-state index is 0.365. The first-order chi connectivity index (χ1) is 9.79. The van der Waals surface area contributed by atoms with Crippen LogP contribution in [0.25, 0.3) is 0 Å². The molecule has 1 N–H and O–H groups in total. The van der Waals surface area contributed by atoms with E-state index >= 15 is 0 Å². The lowest BCUT2D eigenvalue weighted by atomic mass is 9.99. The van der Waals surface area contributed by atoms with E-state index < -0.39 is 0 Å². The fraction of sp³-hybridized carbons (Fsp3) is 0.938. The molecule has 0 bridgehead atoms. The normalized spacial score (nSPS) is 23.9. The number of nitrogens with zero attached hydrogens (tertiary/aromatic N) is 2. The van der Waals surface area contributed by atoms with E-state index in [9.17, 15) is 4.79 Å². The van der Waals surface area contributed by atoms with Crippen LogP contribution in [0.15, 0.2) is 0 Å². The van der Waals surface area contributed by atoms with Crippen LogP contribution in [-0.2, 0) is 4.79 Å². The van der Waals surface area contributed by atoms with Gasteiger partial charge in [-0.3, -0.25) is 4.79 Å². The second kappa shape index (κ2) is 8.63. The molecular formula is C16H31N3O. The lowest BCUT2D eigenvalue weighted by molar-refractivity contribution is -0.132. The monoisotopic (exact) mass is 281 g/mol. The SMILES string of the molecule is CCCN(CC1CCCNC1)C(=O)CCN1CCCC1. The van der Waals surface area contributed by atoms with Crippen LogP contribution in [-0.4, -0.2) is 61.5 Å². The van der Waals surface area contributed by atoms with E-state index in [2.05, 4.69) is 22.0 Å². The molecule has 0 spiro atoms. The van der Waals surface area contributed by atoms with E-state index in [-0.39, 0.29) is 0 Å². The van der Waals surface area contributed by atoms with Crippen LogP contribution >= 0.6 is 0 Å². The van der Waals surface area contributed by atoms with Crippen LogP contribution in [0, 0.1) is 5.92 Å². The average molecular weight is 281 g/mol. The summed E-state index contributed by atoms with van der Waals surface area (Å²) in [6, 6.07) is 0. The van der Waals surface area contributed by atoms with E-state index in [1.807, 2.05) is 0 Å². The molecule has 2 aliphatic heterocycles. The molecule has 0 radical (unpaired) electrons. The molecule has 0 aromatic rings. The highest BCUT2D eigenvalue weighted by molar-refractivity contribution is 5.76. The van der Waals surface area contributed by atoms with Crippen molar-refractivity contribution in [2.24, 2.45) is 5.92 Å². The molecule has 116 valence electrons. The highest BCUT2D eigenvalue weighted by atomic mass is 16.2. The lowest BCUT2D eigenvalue weighted by Crippen LogP contribution is -2.42. The van der Waals surface area contributed by atoms with E-state index in [1.54, 1.807) is 0 Å². The smallest absolute Gasteiger partial charge is 0.223 e. The van der Waals surface area contributed by atoms with Gasteiger partial charge in [0.05, 0.1) is 0 Å². The summed E-state index contributed by atoms with van der Waals surface area (Å²) in [6.45, 7) is 9.62. The van der Waals surface area contributed by atoms with Crippen molar-refractivity contribution in [2.45, 2.75) is 45.4 Å². The number of amides is 1. The maximum Gasteiger partial charge on any atom is 0.223 e. The van der Waals surface area contributed by atoms with Crippen molar-refractivity contribution in [3.8, 4) is 0 Å². The Morgan fingerprint density at radius 1 is 1.30 bits per heavy atom. The number of rotatable bonds is 7. The predicted octanol–water partition coefficient (Wildman–Crippen LogP) is 1.71. The van der Waals surface area contributed by atoms with Crippen molar-refractivity contribution in [2.75, 3.05) is 45.8 Å². The van der Waals surface area contributed by atoms with Gasteiger partial charge in [-0.2, -0.15) is 0 Å². The first kappa shape index (κ1) is 15.8. The molecule has 2 fully saturated rings. The topological polar surface area (TPSA) is 35.6 Å². The number of hydrogen-bond donors (Lipinski definition) is 1. The molecule has 20 heavy (non-hydrogen) atoms. The molecule has 0 aliphatic carbocycles. The van der Waals surface area contributed by atoms with Gasteiger partial charge in [-0.05, 0) is 64.2 Å². The zero-order chi connectivity index (χ0) is 14.2. The lowest BCUT2D eigenvalue weighted by Gasteiger charge is -2.30. The maximum atomic E-state index is 12.4. The van der Waals surface area contributed by atoms with E-state index in [1.165, 1.54) is 38.8 Å². The Kier molecular flexibility index (Phi) is 6.80. The molecule has 4 nitrogen and oxygen atoms in total. The van der Waals surface area contributed by atoms with Gasteiger partial charge in [0.25, 0.3) is 0 Å². The number of piperidine rings is 1. The van der Waals surface area contributed by atoms with Gasteiger partial charge in [0.2, 0.25) is 5.91 Å². The van der Waals surface area contributed by atoms with Crippen molar-refractivity contribution in [1.82, 2.24) is 15.1 Å². The Bertz CT molecular complexity index is 283. The van der Waals surface area contributed by atoms with Crippen molar-refractivity contribution in [1.29, 1.82) is 0 Å². The zero-order valence-electron chi connectivity index (χ0n) is 13.1. The van der Waals surface area contributed by atoms with Crippen molar-refractivity contribution in [3.05, 3.63) is 0 Å². The summed E-state index contributed by atoms with van der Waals surface area (Å²) in [5.74, 6) is 1.02. The molecule has 2 heterocycles. The summed E-state index contributed by atoms with van der Waals surface area (Å²) in [7, 11) is 0. The minimum absolute atomic E-state index is 0.365. The first-order valence-corrected chi connectivity index (χ1v) is 8.50. The van der Waals surface area contributed by atoms with Gasteiger partial charge >= 0.3 is 0 Å². The highest BCUT2D eigenvalue weighted by Crippen LogP contribution is 2.14. The van der Waals surface area contributed by atoms with Gasteiger partial charge in [-0.25, -0.2) is 0 Å². The number of carbonyl (C=O) groups is 1. The Hall–Kier alpha value is -0.610. The molecule has 1 atom stereocenters. The molecule has 2 aliphatic rings. The largest absolute Gasteiger partial charge is 0.342 e. The second-order valence-corrected chi connectivity index (χ2v) is 6.35. The third-order valence-corrected chi connectivity index (χ3v) is 4.56. The summed E-state index contributed by atoms with van der Waals surface area (Å²) in [5.41, 5.74) is 0. The van der Waals surface area contributed by atoms with Crippen molar-refractivity contribution >= 4 is 5.91 Å². The molecule has 2 saturated heterocycles. The van der Waals surface area contributed by atoms with Gasteiger partial charge in [0.15, 0.2) is 0 Å². The van der Waals surface area contributed by atoms with Crippen LogP contribution < -0.4 is 5.32 Å². The van der Waals surface area contributed by atoms with Crippen molar-refractivity contribution in [3.63, 3.8) is 0 Å². The van der Waals surface area contributed by atoms with Gasteiger partial charge in [-0.15, -0.1) is 0 Å². The van der Waals surface area contributed by atoms with E-state index in [0.29, 0.717) is 18.2 Å². The van der Waals surface area contributed by atoms with Gasteiger partial charge in [0, 0.05) is 26.1 Å². The summed E-state index contributed by atoms with van der Waals surface area (Å²) in [6.07, 6.45) is 6.91. The van der Waals surface area contributed by atoms with Crippen molar-refractivity contribution < 1.29 is 4.79 Å².